The van der Waals surface area contributed by atoms with E-state index in [9.17, 15) is 0 Å². The highest BCUT2D eigenvalue weighted by Gasteiger charge is 2.25. The maximum absolute atomic E-state index is 6.36. The summed E-state index contributed by atoms with van der Waals surface area (Å²) in [5, 5.41) is 4.82. The summed E-state index contributed by atoms with van der Waals surface area (Å²) in [6.07, 6.45) is 0. The molecule has 0 amide bonds. The van der Waals surface area contributed by atoms with Crippen molar-refractivity contribution in [2.24, 2.45) is 0 Å². The highest BCUT2D eigenvalue weighted by molar-refractivity contribution is 6.14. The van der Waals surface area contributed by atoms with Gasteiger partial charge in [-0.2, -0.15) is 0 Å². The molecular formula is C48H28N2O2. The fourth-order valence-electron chi connectivity index (χ4n) is 8.63. The van der Waals surface area contributed by atoms with Crippen molar-refractivity contribution in [2.75, 3.05) is 0 Å². The smallest absolute Gasteiger partial charge is 0.152 e. The second kappa shape index (κ2) is 10.3. The number of para-hydroxylation sites is 6. The molecular weight excluding hydrogens is 637 g/mol. The number of hydrogen-bond acceptors (Lipinski definition) is 2. The molecule has 0 spiro atoms. The summed E-state index contributed by atoms with van der Waals surface area (Å²) in [7, 11) is 0. The summed E-state index contributed by atoms with van der Waals surface area (Å²) >= 11 is 0. The molecule has 0 N–H and O–H groups in total. The Morgan fingerprint density at radius 1 is 0.308 bits per heavy atom. The van der Waals surface area contributed by atoms with Crippen LogP contribution in [0.15, 0.2) is 170 Å². The van der Waals surface area contributed by atoms with Gasteiger partial charge in [0.15, 0.2) is 23.0 Å². The molecule has 12 rings (SSSR count). The molecule has 2 aliphatic heterocycles. The Kier molecular flexibility index (Phi) is 5.47. The number of rotatable bonds is 3. The van der Waals surface area contributed by atoms with E-state index in [0.29, 0.717) is 0 Å². The summed E-state index contributed by atoms with van der Waals surface area (Å²) in [6, 6.07) is 60.7. The summed E-state index contributed by atoms with van der Waals surface area (Å²) in [4.78, 5) is 0. The molecule has 0 aliphatic carbocycles. The molecule has 0 saturated heterocycles. The van der Waals surface area contributed by atoms with Crippen LogP contribution in [0.25, 0.3) is 88.4 Å². The molecule has 0 radical (unpaired) electrons. The lowest BCUT2D eigenvalue weighted by Crippen LogP contribution is -2.03. The van der Waals surface area contributed by atoms with Gasteiger partial charge in [0, 0.05) is 21.5 Å². The first-order valence-corrected chi connectivity index (χ1v) is 17.7. The van der Waals surface area contributed by atoms with Gasteiger partial charge < -0.3 is 18.6 Å². The van der Waals surface area contributed by atoms with Gasteiger partial charge >= 0.3 is 0 Å². The van der Waals surface area contributed by atoms with E-state index in [-0.39, 0.29) is 0 Å². The molecule has 2 aliphatic rings. The molecule has 4 heteroatoms. The highest BCUT2D eigenvalue weighted by atomic mass is 16.5. The van der Waals surface area contributed by atoms with Gasteiger partial charge in [0.2, 0.25) is 0 Å². The minimum Gasteiger partial charge on any atom is -0.453 e. The first kappa shape index (κ1) is 27.7. The van der Waals surface area contributed by atoms with Crippen molar-refractivity contribution < 1.29 is 9.47 Å². The number of benzene rings is 8. The number of aromatic nitrogens is 2. The number of ether oxygens (including phenoxy) is 2. The van der Waals surface area contributed by atoms with Crippen LogP contribution in [0.1, 0.15) is 0 Å². The van der Waals surface area contributed by atoms with Crippen LogP contribution >= 0.6 is 0 Å². The van der Waals surface area contributed by atoms with Crippen LogP contribution in [0.2, 0.25) is 0 Å². The van der Waals surface area contributed by atoms with Gasteiger partial charge in [0.1, 0.15) is 0 Å². The first-order valence-electron chi connectivity index (χ1n) is 17.7. The summed E-state index contributed by atoms with van der Waals surface area (Å²) in [5.74, 6) is 3.53. The zero-order valence-corrected chi connectivity index (χ0v) is 27.9. The van der Waals surface area contributed by atoms with E-state index in [2.05, 4.69) is 155 Å². The fourth-order valence-corrected chi connectivity index (χ4v) is 8.63. The Labute approximate surface area is 298 Å². The largest absolute Gasteiger partial charge is 0.453 e. The van der Waals surface area contributed by atoms with Gasteiger partial charge in [-0.25, -0.2) is 0 Å². The predicted molar refractivity (Wildman–Crippen MR) is 212 cm³/mol. The molecule has 4 heterocycles. The van der Waals surface area contributed by atoms with Gasteiger partial charge in [0.25, 0.3) is 0 Å². The van der Waals surface area contributed by atoms with Crippen molar-refractivity contribution >= 4 is 43.6 Å². The third kappa shape index (κ3) is 3.75. The van der Waals surface area contributed by atoms with Crippen LogP contribution in [0, 0.1) is 0 Å². The van der Waals surface area contributed by atoms with E-state index < -0.39 is 0 Å². The molecule has 242 valence electrons. The van der Waals surface area contributed by atoms with Crippen molar-refractivity contribution in [3.05, 3.63) is 170 Å². The molecule has 0 bridgehead atoms. The Balaban J connectivity index is 0.993. The SMILES string of the molecule is c1cc(-c2ccc3c(c2)c2cccc4c2n3-c2ccccc2O4)cc(-c2ccccc2-c2ccc3c(c2)c2cccc4c2n3-c2ccccc2O4)c1. The van der Waals surface area contributed by atoms with Crippen LogP contribution in [0.5, 0.6) is 23.0 Å². The lowest BCUT2D eigenvalue weighted by atomic mass is 9.92. The minimum absolute atomic E-state index is 0.877. The minimum atomic E-state index is 0.877. The maximum atomic E-state index is 6.36. The van der Waals surface area contributed by atoms with Crippen molar-refractivity contribution in [2.45, 2.75) is 0 Å². The normalized spacial score (nSPS) is 12.5. The maximum Gasteiger partial charge on any atom is 0.152 e. The summed E-state index contributed by atoms with van der Waals surface area (Å²) in [6.45, 7) is 0. The van der Waals surface area contributed by atoms with Crippen LogP contribution in [0.4, 0.5) is 0 Å². The van der Waals surface area contributed by atoms with Crippen molar-refractivity contribution in [3.8, 4) is 67.8 Å². The van der Waals surface area contributed by atoms with E-state index in [1.54, 1.807) is 0 Å². The molecule has 4 nitrogen and oxygen atoms in total. The zero-order chi connectivity index (χ0) is 33.9. The summed E-state index contributed by atoms with van der Waals surface area (Å²) < 4.78 is 17.4. The van der Waals surface area contributed by atoms with E-state index in [1.807, 2.05) is 24.3 Å². The van der Waals surface area contributed by atoms with Crippen LogP contribution in [-0.4, -0.2) is 9.13 Å². The number of hydrogen-bond donors (Lipinski definition) is 0. The van der Waals surface area contributed by atoms with E-state index >= 15 is 0 Å². The molecule has 8 aromatic carbocycles. The van der Waals surface area contributed by atoms with E-state index in [0.717, 1.165) is 45.4 Å². The van der Waals surface area contributed by atoms with Crippen LogP contribution < -0.4 is 9.47 Å². The van der Waals surface area contributed by atoms with E-state index in [4.69, 9.17) is 9.47 Å². The number of fused-ring (bicyclic) bond motifs is 10. The van der Waals surface area contributed by atoms with Gasteiger partial charge in [-0.3, -0.25) is 0 Å². The molecule has 0 atom stereocenters. The Morgan fingerprint density at radius 3 is 1.37 bits per heavy atom. The van der Waals surface area contributed by atoms with Gasteiger partial charge in [-0.15, -0.1) is 0 Å². The molecule has 0 saturated carbocycles. The second-order valence-electron chi connectivity index (χ2n) is 13.7. The monoisotopic (exact) mass is 664 g/mol. The van der Waals surface area contributed by atoms with Gasteiger partial charge in [0.05, 0.1) is 33.4 Å². The first-order chi connectivity index (χ1) is 25.8. The topological polar surface area (TPSA) is 28.3 Å². The molecule has 2 aromatic heterocycles. The predicted octanol–water partition coefficient (Wildman–Crippen LogP) is 13.1. The Bertz CT molecular complexity index is 3150. The average Bonchev–Trinajstić information content (AvgIpc) is 3.73. The Morgan fingerprint density at radius 2 is 0.750 bits per heavy atom. The number of nitrogens with zero attached hydrogens (tertiary/aromatic N) is 2. The lowest BCUT2D eigenvalue weighted by molar-refractivity contribution is 0.476. The summed E-state index contributed by atoms with van der Waals surface area (Å²) in [5.41, 5.74) is 13.9. The average molecular weight is 665 g/mol. The lowest BCUT2D eigenvalue weighted by Gasteiger charge is -2.20. The molecule has 0 fully saturated rings. The Hall–Kier alpha value is -7.04. The molecule has 52 heavy (non-hydrogen) atoms. The van der Waals surface area contributed by atoms with Crippen LogP contribution in [0.3, 0.4) is 0 Å². The third-order valence-corrected chi connectivity index (χ3v) is 10.9. The molecule has 0 unspecified atom stereocenters. The van der Waals surface area contributed by atoms with Crippen LogP contribution in [-0.2, 0) is 0 Å². The third-order valence-electron chi connectivity index (χ3n) is 10.9. The van der Waals surface area contributed by atoms with Crippen molar-refractivity contribution in [3.63, 3.8) is 0 Å². The highest BCUT2D eigenvalue weighted by Crippen LogP contribution is 2.48. The van der Waals surface area contributed by atoms with Crippen molar-refractivity contribution in [1.29, 1.82) is 0 Å². The van der Waals surface area contributed by atoms with E-state index in [1.165, 1.54) is 66.0 Å². The van der Waals surface area contributed by atoms with Gasteiger partial charge in [-0.05, 0) is 100 Å². The molecule has 10 aromatic rings. The zero-order valence-electron chi connectivity index (χ0n) is 27.9. The van der Waals surface area contributed by atoms with Gasteiger partial charge in [-0.1, -0.05) is 103 Å². The standard InChI is InChI=1S/C48H28N2O2/c1-2-13-34(32-23-25-40-38(28-32)36-15-9-21-46-48(36)50(40)42-17-4-6-19-44(42)52-46)33(12-1)31-11-7-10-29(26-31)30-22-24-39-37(27-30)35-14-8-20-45-47(35)49(39)41-16-3-5-18-43(41)51-45/h1-28H. The quantitative estimate of drug-likeness (QED) is 0.188. The fraction of sp³-hybridized carbons (Fsp3) is 0. The van der Waals surface area contributed by atoms with Crippen molar-refractivity contribution in [1.82, 2.24) is 9.13 Å². The second-order valence-corrected chi connectivity index (χ2v) is 13.7.